The smallest absolute Gasteiger partial charge is 0.191 e. The minimum absolute atomic E-state index is 0.210. The molecule has 2 N–H and O–H groups in total. The molecule has 0 unspecified atom stereocenters. The maximum Gasteiger partial charge on any atom is 0.191 e. The summed E-state index contributed by atoms with van der Waals surface area (Å²) in [6, 6.07) is 20.4. The van der Waals surface area contributed by atoms with E-state index in [2.05, 4.69) is 31.6 Å². The molecule has 0 amide bonds. The Balaban J connectivity index is 1.31. The highest BCUT2D eigenvalue weighted by Gasteiger charge is 2.21. The lowest BCUT2D eigenvalue weighted by Crippen LogP contribution is -2.48. The first kappa shape index (κ1) is 21.6. The number of piperidine rings is 1. The molecule has 4 rings (SSSR count). The van der Waals surface area contributed by atoms with E-state index in [4.69, 9.17) is 4.74 Å². The monoisotopic (exact) mass is 433 g/mol. The average molecular weight is 434 g/mol. The molecule has 0 radical (unpaired) electrons. The fraction of sp³-hybridized carbons (Fsp3) is 0.280. The summed E-state index contributed by atoms with van der Waals surface area (Å²) in [4.78, 5) is 11.1. The van der Waals surface area contributed by atoms with Gasteiger partial charge in [0.1, 0.15) is 11.6 Å². The molecule has 1 aromatic heterocycles. The van der Waals surface area contributed by atoms with E-state index in [1.807, 2.05) is 42.6 Å². The molecule has 166 valence electrons. The lowest BCUT2D eigenvalue weighted by molar-refractivity contribution is 0.436. The molecule has 1 fully saturated rings. The molecule has 2 heterocycles. The number of ether oxygens (including phenoxy) is 1. The van der Waals surface area contributed by atoms with Crippen molar-refractivity contribution in [2.75, 3.05) is 25.0 Å². The van der Waals surface area contributed by atoms with Crippen LogP contribution in [0.3, 0.4) is 0 Å². The van der Waals surface area contributed by atoms with Crippen LogP contribution in [0.15, 0.2) is 77.9 Å². The molecule has 1 aliphatic rings. The van der Waals surface area contributed by atoms with E-state index in [9.17, 15) is 4.39 Å². The Morgan fingerprint density at radius 3 is 2.47 bits per heavy atom. The van der Waals surface area contributed by atoms with E-state index in [1.54, 1.807) is 25.2 Å². The van der Waals surface area contributed by atoms with Crippen LogP contribution in [0.25, 0.3) is 0 Å². The predicted molar refractivity (Wildman–Crippen MR) is 126 cm³/mol. The molecule has 0 saturated carbocycles. The van der Waals surface area contributed by atoms with Gasteiger partial charge in [0.2, 0.25) is 0 Å². The number of rotatable bonds is 6. The zero-order chi connectivity index (χ0) is 22.2. The summed E-state index contributed by atoms with van der Waals surface area (Å²) in [6.07, 6.45) is 3.84. The second-order valence-corrected chi connectivity index (χ2v) is 7.66. The number of nitrogens with one attached hydrogen (secondary N) is 2. The van der Waals surface area contributed by atoms with Gasteiger partial charge in [-0.15, -0.1) is 0 Å². The highest BCUT2D eigenvalue weighted by atomic mass is 19.1. The number of aromatic nitrogens is 1. The number of hydrogen-bond donors (Lipinski definition) is 2. The number of aliphatic imine (C=N–C) groups is 1. The Kier molecular flexibility index (Phi) is 7.17. The highest BCUT2D eigenvalue weighted by Crippen LogP contribution is 2.27. The summed E-state index contributed by atoms with van der Waals surface area (Å²) in [7, 11) is 1.76. The van der Waals surface area contributed by atoms with E-state index in [0.717, 1.165) is 43.3 Å². The summed E-state index contributed by atoms with van der Waals surface area (Å²) in [5, 5.41) is 6.87. The Hall–Kier alpha value is -3.61. The van der Waals surface area contributed by atoms with Crippen molar-refractivity contribution < 1.29 is 9.13 Å². The second kappa shape index (κ2) is 10.6. The Morgan fingerprint density at radius 1 is 1.03 bits per heavy atom. The number of guanidine groups is 1. The van der Waals surface area contributed by atoms with Gasteiger partial charge in [0, 0.05) is 44.5 Å². The van der Waals surface area contributed by atoms with Crippen molar-refractivity contribution >= 4 is 11.8 Å². The molecule has 3 aromatic rings. The second-order valence-electron chi connectivity index (χ2n) is 7.66. The Morgan fingerprint density at radius 2 is 1.75 bits per heavy atom. The molecule has 7 heteroatoms. The van der Waals surface area contributed by atoms with E-state index < -0.39 is 0 Å². The van der Waals surface area contributed by atoms with Gasteiger partial charge in [0.25, 0.3) is 0 Å². The molecular formula is C25H28FN5O. The third kappa shape index (κ3) is 5.55. The van der Waals surface area contributed by atoms with Crippen molar-refractivity contribution in [2.24, 2.45) is 4.99 Å². The number of nitrogens with zero attached hydrogens (tertiary/aromatic N) is 3. The van der Waals surface area contributed by atoms with Gasteiger partial charge >= 0.3 is 0 Å². The fourth-order valence-electron chi connectivity index (χ4n) is 3.76. The van der Waals surface area contributed by atoms with E-state index in [0.29, 0.717) is 18.3 Å². The zero-order valence-electron chi connectivity index (χ0n) is 18.2. The topological polar surface area (TPSA) is 61.8 Å². The number of anilines is 1. The van der Waals surface area contributed by atoms with E-state index in [-0.39, 0.29) is 11.6 Å². The summed E-state index contributed by atoms with van der Waals surface area (Å²) < 4.78 is 19.8. The van der Waals surface area contributed by atoms with Crippen LogP contribution in [-0.2, 0) is 6.54 Å². The number of hydrogen-bond acceptors (Lipinski definition) is 4. The quantitative estimate of drug-likeness (QED) is 0.447. The fourth-order valence-corrected chi connectivity index (χ4v) is 3.76. The summed E-state index contributed by atoms with van der Waals surface area (Å²) in [5.41, 5.74) is 0.920. The van der Waals surface area contributed by atoms with Gasteiger partial charge in [-0.05, 0) is 43.2 Å². The van der Waals surface area contributed by atoms with Gasteiger partial charge in [0.15, 0.2) is 17.5 Å². The molecular weight excluding hydrogens is 405 g/mol. The normalized spacial score (nSPS) is 14.8. The average Bonchev–Trinajstić information content (AvgIpc) is 2.85. The molecule has 0 bridgehead atoms. The third-order valence-electron chi connectivity index (χ3n) is 5.51. The van der Waals surface area contributed by atoms with Crippen molar-refractivity contribution in [3.05, 3.63) is 84.3 Å². The third-order valence-corrected chi connectivity index (χ3v) is 5.51. The maximum absolute atomic E-state index is 14.0. The summed E-state index contributed by atoms with van der Waals surface area (Å²) in [6.45, 7) is 2.41. The van der Waals surface area contributed by atoms with Crippen LogP contribution in [0.4, 0.5) is 10.2 Å². The number of halogens is 1. The predicted octanol–water partition coefficient (Wildman–Crippen LogP) is 4.35. The molecule has 0 aliphatic carbocycles. The molecule has 1 aliphatic heterocycles. The molecule has 1 saturated heterocycles. The largest absolute Gasteiger partial charge is 0.454 e. The van der Waals surface area contributed by atoms with Crippen LogP contribution in [0.1, 0.15) is 18.4 Å². The van der Waals surface area contributed by atoms with Gasteiger partial charge < -0.3 is 20.3 Å². The lowest BCUT2D eigenvalue weighted by Gasteiger charge is -2.33. The van der Waals surface area contributed by atoms with E-state index >= 15 is 0 Å². The summed E-state index contributed by atoms with van der Waals surface area (Å²) >= 11 is 0. The minimum Gasteiger partial charge on any atom is -0.454 e. The van der Waals surface area contributed by atoms with Crippen LogP contribution < -0.4 is 20.3 Å². The highest BCUT2D eigenvalue weighted by molar-refractivity contribution is 5.80. The maximum atomic E-state index is 14.0. The lowest BCUT2D eigenvalue weighted by atomic mass is 10.1. The van der Waals surface area contributed by atoms with Gasteiger partial charge in [-0.3, -0.25) is 4.99 Å². The van der Waals surface area contributed by atoms with Crippen LogP contribution in [0.2, 0.25) is 0 Å². The molecule has 2 aromatic carbocycles. The van der Waals surface area contributed by atoms with Crippen molar-refractivity contribution in [1.29, 1.82) is 0 Å². The Bertz CT molecular complexity index is 1040. The van der Waals surface area contributed by atoms with Crippen molar-refractivity contribution in [3.63, 3.8) is 0 Å². The van der Waals surface area contributed by atoms with Gasteiger partial charge in [-0.2, -0.15) is 0 Å². The molecule has 0 spiro atoms. The standard InChI is InChI=1S/C25H28FN5O/c1-27-25(30-20-13-16-31(17-14-20)24-12-6-7-15-28-24)29-18-19-8-2-4-10-22(19)32-23-11-5-3-9-21(23)26/h2-12,15,20H,13-14,16-18H2,1H3,(H2,27,29,30). The minimum atomic E-state index is -0.384. The SMILES string of the molecule is CN=C(NCc1ccccc1Oc1ccccc1F)NC1CCN(c2ccccn2)CC1. The van der Waals surface area contributed by atoms with Gasteiger partial charge in [0.05, 0.1) is 0 Å². The first-order valence-electron chi connectivity index (χ1n) is 10.9. The van der Waals surface area contributed by atoms with E-state index in [1.165, 1.54) is 6.07 Å². The number of benzene rings is 2. The van der Waals surface area contributed by atoms with Crippen molar-refractivity contribution in [1.82, 2.24) is 15.6 Å². The zero-order valence-corrected chi connectivity index (χ0v) is 18.2. The Labute approximate surface area is 188 Å². The van der Waals surface area contributed by atoms with Gasteiger partial charge in [-0.1, -0.05) is 36.4 Å². The van der Waals surface area contributed by atoms with Crippen LogP contribution in [0, 0.1) is 5.82 Å². The van der Waals surface area contributed by atoms with Crippen LogP contribution >= 0.6 is 0 Å². The summed E-state index contributed by atoms with van der Waals surface area (Å²) in [5.74, 6) is 2.21. The number of pyridine rings is 1. The van der Waals surface area contributed by atoms with Gasteiger partial charge in [-0.25, -0.2) is 9.37 Å². The van der Waals surface area contributed by atoms with Crippen molar-refractivity contribution in [2.45, 2.75) is 25.4 Å². The van der Waals surface area contributed by atoms with Crippen molar-refractivity contribution in [3.8, 4) is 11.5 Å². The first-order chi connectivity index (χ1) is 15.7. The molecule has 0 atom stereocenters. The molecule has 32 heavy (non-hydrogen) atoms. The van der Waals surface area contributed by atoms with Crippen LogP contribution in [0.5, 0.6) is 11.5 Å². The molecule has 6 nitrogen and oxygen atoms in total. The number of para-hydroxylation sites is 2. The first-order valence-corrected chi connectivity index (χ1v) is 10.9. The van der Waals surface area contributed by atoms with Crippen LogP contribution in [-0.4, -0.2) is 37.1 Å².